The molecule has 1 aromatic heterocycles. The molecule has 2 aliphatic heterocycles. The van der Waals surface area contributed by atoms with Gasteiger partial charge in [0.1, 0.15) is 6.10 Å². The van der Waals surface area contributed by atoms with Gasteiger partial charge in [0.2, 0.25) is 17.7 Å². The molecule has 0 saturated carbocycles. The van der Waals surface area contributed by atoms with Crippen molar-refractivity contribution >= 4 is 11.8 Å². The molecule has 1 aromatic rings. The van der Waals surface area contributed by atoms with Crippen molar-refractivity contribution in [2.24, 2.45) is 5.92 Å². The normalized spacial score (nSPS) is 24.9. The zero-order valence-electron chi connectivity index (χ0n) is 13.6. The highest BCUT2D eigenvalue weighted by molar-refractivity contribution is 5.89. The van der Waals surface area contributed by atoms with Gasteiger partial charge < -0.3 is 14.5 Å². The van der Waals surface area contributed by atoms with Crippen molar-refractivity contribution in [2.75, 3.05) is 26.7 Å². The van der Waals surface area contributed by atoms with E-state index in [9.17, 15) is 9.59 Å². The van der Waals surface area contributed by atoms with Crippen LogP contribution in [0.4, 0.5) is 0 Å². The molecule has 7 nitrogen and oxygen atoms in total. The Morgan fingerprint density at radius 1 is 1.30 bits per heavy atom. The Morgan fingerprint density at radius 3 is 2.78 bits per heavy atom. The maximum atomic E-state index is 12.6. The van der Waals surface area contributed by atoms with E-state index in [-0.39, 0.29) is 23.8 Å². The van der Waals surface area contributed by atoms with Crippen molar-refractivity contribution in [1.29, 1.82) is 0 Å². The van der Waals surface area contributed by atoms with E-state index >= 15 is 0 Å². The molecular weight excluding hydrogens is 296 g/mol. The van der Waals surface area contributed by atoms with Crippen LogP contribution >= 0.6 is 0 Å². The molecule has 0 radical (unpaired) electrons. The van der Waals surface area contributed by atoms with Gasteiger partial charge in [-0.2, -0.15) is 5.10 Å². The molecule has 3 heterocycles. The lowest BCUT2D eigenvalue weighted by Crippen LogP contribution is -2.47. The maximum absolute atomic E-state index is 12.6. The molecule has 0 bridgehead atoms. The molecular formula is C16H22N4O3. The number of likely N-dealkylation sites (tertiary alicyclic amines) is 2. The topological polar surface area (TPSA) is 75.6 Å². The van der Waals surface area contributed by atoms with Crippen LogP contribution in [0.2, 0.25) is 0 Å². The summed E-state index contributed by atoms with van der Waals surface area (Å²) in [5.74, 6) is 0.380. The molecule has 2 amide bonds. The zero-order chi connectivity index (χ0) is 16.4. The molecule has 2 fully saturated rings. The Balaban J connectivity index is 1.58. The minimum absolute atomic E-state index is 0.0445. The molecule has 2 atom stereocenters. The number of amides is 2. The SMILES string of the molecule is Cc1ccc(O[C@@H]2CCCN(C(=O)[C@@H]3CC(=O)N(C)C3)C2)nn1. The van der Waals surface area contributed by atoms with Gasteiger partial charge in [-0.15, -0.1) is 5.10 Å². The van der Waals surface area contributed by atoms with Crippen LogP contribution in [0.3, 0.4) is 0 Å². The number of carbonyl (C=O) groups is 2. The third-order valence-corrected chi connectivity index (χ3v) is 4.44. The van der Waals surface area contributed by atoms with E-state index in [2.05, 4.69) is 10.2 Å². The number of ether oxygens (including phenoxy) is 1. The van der Waals surface area contributed by atoms with E-state index in [1.54, 1.807) is 18.0 Å². The fourth-order valence-corrected chi connectivity index (χ4v) is 3.14. The molecule has 23 heavy (non-hydrogen) atoms. The number of piperidine rings is 1. The van der Waals surface area contributed by atoms with Crippen LogP contribution in [0, 0.1) is 12.8 Å². The van der Waals surface area contributed by atoms with Gasteiger partial charge in [-0.05, 0) is 25.8 Å². The highest BCUT2D eigenvalue weighted by Crippen LogP contribution is 2.22. The van der Waals surface area contributed by atoms with Crippen molar-refractivity contribution in [3.63, 3.8) is 0 Å². The first kappa shape index (κ1) is 15.7. The van der Waals surface area contributed by atoms with Crippen molar-refractivity contribution in [3.05, 3.63) is 17.8 Å². The van der Waals surface area contributed by atoms with Gasteiger partial charge in [-0.25, -0.2) is 0 Å². The first-order valence-electron chi connectivity index (χ1n) is 8.02. The Morgan fingerprint density at radius 2 is 2.13 bits per heavy atom. The van der Waals surface area contributed by atoms with Crippen LogP contribution in [0.1, 0.15) is 25.0 Å². The van der Waals surface area contributed by atoms with Gasteiger partial charge in [0.15, 0.2) is 0 Å². The zero-order valence-corrected chi connectivity index (χ0v) is 13.6. The van der Waals surface area contributed by atoms with Crippen molar-refractivity contribution < 1.29 is 14.3 Å². The summed E-state index contributed by atoms with van der Waals surface area (Å²) in [6.07, 6.45) is 2.04. The van der Waals surface area contributed by atoms with Crippen LogP contribution in [0.15, 0.2) is 12.1 Å². The Labute approximate surface area is 135 Å². The number of aromatic nitrogens is 2. The second-order valence-electron chi connectivity index (χ2n) is 6.35. The molecule has 0 aliphatic carbocycles. The predicted octanol–water partition coefficient (Wildman–Crippen LogP) is 0.633. The minimum Gasteiger partial charge on any atom is -0.471 e. The van der Waals surface area contributed by atoms with E-state index < -0.39 is 0 Å². The predicted molar refractivity (Wildman–Crippen MR) is 82.7 cm³/mol. The highest BCUT2D eigenvalue weighted by Gasteiger charge is 2.36. The molecule has 3 rings (SSSR count). The van der Waals surface area contributed by atoms with Crippen molar-refractivity contribution in [2.45, 2.75) is 32.3 Å². The molecule has 0 unspecified atom stereocenters. The Bertz CT molecular complexity index is 589. The third-order valence-electron chi connectivity index (χ3n) is 4.44. The van der Waals surface area contributed by atoms with Gasteiger partial charge in [0.25, 0.3) is 0 Å². The standard InChI is InChI=1S/C16H22N4O3/c1-11-5-6-14(18-17-11)23-13-4-3-7-20(10-13)16(22)12-8-15(21)19(2)9-12/h5-6,12-13H,3-4,7-10H2,1-2H3/t12-,13-/m1/s1. The molecule has 2 saturated heterocycles. The summed E-state index contributed by atoms with van der Waals surface area (Å²) in [6, 6.07) is 3.65. The molecule has 124 valence electrons. The third kappa shape index (κ3) is 3.60. The number of nitrogens with zero attached hydrogens (tertiary/aromatic N) is 4. The summed E-state index contributed by atoms with van der Waals surface area (Å²) in [5, 5.41) is 7.99. The van der Waals surface area contributed by atoms with E-state index in [0.717, 1.165) is 25.1 Å². The summed E-state index contributed by atoms with van der Waals surface area (Å²) in [6.45, 7) is 3.66. The van der Waals surface area contributed by atoms with Gasteiger partial charge in [-0.1, -0.05) is 0 Å². The molecule has 0 N–H and O–H groups in total. The number of aryl methyl sites for hydroxylation is 1. The monoisotopic (exact) mass is 318 g/mol. The van der Waals surface area contributed by atoms with Crippen LogP contribution in [-0.2, 0) is 9.59 Å². The molecule has 7 heteroatoms. The van der Waals surface area contributed by atoms with E-state index in [0.29, 0.717) is 25.4 Å². The van der Waals surface area contributed by atoms with Crippen LogP contribution < -0.4 is 4.74 Å². The summed E-state index contributed by atoms with van der Waals surface area (Å²) >= 11 is 0. The fourth-order valence-electron chi connectivity index (χ4n) is 3.14. The summed E-state index contributed by atoms with van der Waals surface area (Å²) < 4.78 is 5.85. The van der Waals surface area contributed by atoms with Gasteiger partial charge in [0, 0.05) is 32.6 Å². The van der Waals surface area contributed by atoms with E-state index in [1.165, 1.54) is 0 Å². The summed E-state index contributed by atoms with van der Waals surface area (Å²) in [5.41, 5.74) is 0.841. The lowest BCUT2D eigenvalue weighted by molar-refractivity contribution is -0.138. The number of carbonyl (C=O) groups excluding carboxylic acids is 2. The van der Waals surface area contributed by atoms with Crippen molar-refractivity contribution in [1.82, 2.24) is 20.0 Å². The maximum Gasteiger partial charge on any atom is 0.233 e. The summed E-state index contributed by atoms with van der Waals surface area (Å²) in [4.78, 5) is 27.7. The second-order valence-corrected chi connectivity index (χ2v) is 6.35. The summed E-state index contributed by atoms with van der Waals surface area (Å²) in [7, 11) is 1.74. The minimum atomic E-state index is -0.217. The number of hydrogen-bond acceptors (Lipinski definition) is 5. The lowest BCUT2D eigenvalue weighted by Gasteiger charge is -2.33. The average Bonchev–Trinajstić information content (AvgIpc) is 2.88. The van der Waals surface area contributed by atoms with Crippen LogP contribution in [0.5, 0.6) is 5.88 Å². The van der Waals surface area contributed by atoms with Gasteiger partial charge >= 0.3 is 0 Å². The fraction of sp³-hybridized carbons (Fsp3) is 0.625. The number of hydrogen-bond donors (Lipinski definition) is 0. The van der Waals surface area contributed by atoms with E-state index in [4.69, 9.17) is 4.74 Å². The quantitative estimate of drug-likeness (QED) is 0.817. The first-order chi connectivity index (χ1) is 11.0. The van der Waals surface area contributed by atoms with E-state index in [1.807, 2.05) is 17.9 Å². The Kier molecular flexibility index (Phi) is 4.45. The first-order valence-corrected chi connectivity index (χ1v) is 8.02. The molecule has 0 spiro atoms. The Hall–Kier alpha value is -2.18. The number of rotatable bonds is 3. The largest absolute Gasteiger partial charge is 0.471 e. The smallest absolute Gasteiger partial charge is 0.233 e. The molecule has 0 aromatic carbocycles. The average molecular weight is 318 g/mol. The van der Waals surface area contributed by atoms with Crippen LogP contribution in [0.25, 0.3) is 0 Å². The second kappa shape index (κ2) is 6.52. The molecule has 2 aliphatic rings. The van der Waals surface area contributed by atoms with Crippen molar-refractivity contribution in [3.8, 4) is 5.88 Å². The van der Waals surface area contributed by atoms with Crippen LogP contribution in [-0.4, -0.2) is 64.6 Å². The van der Waals surface area contributed by atoms with Gasteiger partial charge in [0.05, 0.1) is 18.2 Å². The lowest BCUT2D eigenvalue weighted by atomic mass is 10.0. The highest BCUT2D eigenvalue weighted by atomic mass is 16.5. The van der Waals surface area contributed by atoms with Gasteiger partial charge in [-0.3, -0.25) is 9.59 Å².